The second-order valence-corrected chi connectivity index (χ2v) is 4.80. The fourth-order valence-corrected chi connectivity index (χ4v) is 1.86. The Bertz CT molecular complexity index is 396. The molecule has 0 unspecified atom stereocenters. The first kappa shape index (κ1) is 9.06. The van der Waals surface area contributed by atoms with Gasteiger partial charge in [-0.15, -0.1) is 0 Å². The zero-order chi connectivity index (χ0) is 9.35. The smallest absolute Gasteiger partial charge is 0.177 e. The van der Waals surface area contributed by atoms with Gasteiger partial charge in [-0.05, 0) is 24.6 Å². The maximum absolute atomic E-state index is 11.1. The zero-order valence-corrected chi connectivity index (χ0v) is 7.85. The first-order valence-corrected chi connectivity index (χ1v) is 5.36. The highest BCUT2D eigenvalue weighted by atomic mass is 32.2. The first-order valence-electron chi connectivity index (χ1n) is 3.47. The molecular weight excluding hydrogens is 174 g/mol. The van der Waals surface area contributed by atoms with Crippen LogP contribution < -0.4 is 5.73 Å². The molecule has 0 saturated heterocycles. The Morgan fingerprint density at radius 3 is 2.33 bits per heavy atom. The Morgan fingerprint density at radius 2 is 1.92 bits per heavy atom. The van der Waals surface area contributed by atoms with E-state index in [1.165, 1.54) is 0 Å². The molecule has 0 aliphatic heterocycles. The van der Waals surface area contributed by atoms with Crippen LogP contribution in [0.4, 0.5) is 5.69 Å². The van der Waals surface area contributed by atoms with E-state index in [1.54, 1.807) is 18.2 Å². The van der Waals surface area contributed by atoms with E-state index in [4.69, 9.17) is 5.73 Å². The summed E-state index contributed by atoms with van der Waals surface area (Å²) in [6.07, 6.45) is 1.15. The molecule has 12 heavy (non-hydrogen) atoms. The standard InChI is InChI=1S/C8H11NO2S/c1-6-3-4-7(9)8(5-6)12(2,10)11/h3-5H,9H2,1-2H3. The van der Waals surface area contributed by atoms with Crippen LogP contribution in [0.3, 0.4) is 0 Å². The second kappa shape index (κ2) is 2.79. The van der Waals surface area contributed by atoms with E-state index in [2.05, 4.69) is 0 Å². The van der Waals surface area contributed by atoms with E-state index in [0.29, 0.717) is 5.69 Å². The molecule has 0 fully saturated rings. The van der Waals surface area contributed by atoms with E-state index in [1.807, 2.05) is 6.92 Å². The summed E-state index contributed by atoms with van der Waals surface area (Å²) in [5.41, 5.74) is 6.70. The fourth-order valence-electron chi connectivity index (χ4n) is 0.963. The molecule has 1 aromatic rings. The molecule has 0 aromatic heterocycles. The Hall–Kier alpha value is -1.03. The summed E-state index contributed by atoms with van der Waals surface area (Å²) in [4.78, 5) is 0.211. The van der Waals surface area contributed by atoms with Crippen LogP contribution in [0.1, 0.15) is 5.56 Å². The summed E-state index contributed by atoms with van der Waals surface area (Å²) in [5, 5.41) is 0. The van der Waals surface area contributed by atoms with Gasteiger partial charge in [0.05, 0.1) is 10.6 Å². The second-order valence-electron chi connectivity index (χ2n) is 2.81. The van der Waals surface area contributed by atoms with Crippen LogP contribution in [0.15, 0.2) is 23.1 Å². The van der Waals surface area contributed by atoms with Crippen molar-refractivity contribution < 1.29 is 8.42 Å². The third-order valence-corrected chi connectivity index (χ3v) is 2.72. The van der Waals surface area contributed by atoms with Crippen LogP contribution in [0.5, 0.6) is 0 Å². The molecule has 0 atom stereocenters. The Labute approximate surface area is 72.1 Å². The molecule has 0 aliphatic carbocycles. The molecular formula is C8H11NO2S. The van der Waals surface area contributed by atoms with Gasteiger partial charge < -0.3 is 5.73 Å². The first-order chi connectivity index (χ1) is 5.41. The van der Waals surface area contributed by atoms with Crippen LogP contribution in [0, 0.1) is 6.92 Å². The fraction of sp³-hybridized carbons (Fsp3) is 0.250. The minimum Gasteiger partial charge on any atom is -0.398 e. The zero-order valence-electron chi connectivity index (χ0n) is 7.03. The van der Waals surface area contributed by atoms with Crippen LogP contribution in [-0.4, -0.2) is 14.7 Å². The lowest BCUT2D eigenvalue weighted by Gasteiger charge is -2.03. The molecule has 3 nitrogen and oxygen atoms in total. The molecule has 1 rings (SSSR count). The van der Waals surface area contributed by atoms with Crippen molar-refractivity contribution in [1.29, 1.82) is 0 Å². The van der Waals surface area contributed by atoms with Crippen LogP contribution in [0.25, 0.3) is 0 Å². The number of rotatable bonds is 1. The number of benzene rings is 1. The van der Waals surface area contributed by atoms with Crippen LogP contribution >= 0.6 is 0 Å². The molecule has 0 heterocycles. The summed E-state index contributed by atoms with van der Waals surface area (Å²) in [5.74, 6) is 0. The molecule has 0 saturated carbocycles. The maximum atomic E-state index is 11.1. The highest BCUT2D eigenvalue weighted by Crippen LogP contribution is 2.18. The lowest BCUT2D eigenvalue weighted by atomic mass is 10.2. The van der Waals surface area contributed by atoms with Crippen molar-refractivity contribution in [1.82, 2.24) is 0 Å². The lowest BCUT2D eigenvalue weighted by molar-refractivity contribution is 0.602. The van der Waals surface area contributed by atoms with Gasteiger partial charge in [-0.2, -0.15) is 0 Å². The molecule has 0 bridgehead atoms. The lowest BCUT2D eigenvalue weighted by Crippen LogP contribution is -2.02. The third kappa shape index (κ3) is 1.76. The van der Waals surface area contributed by atoms with Gasteiger partial charge in [0.2, 0.25) is 0 Å². The van der Waals surface area contributed by atoms with Crippen LogP contribution in [0.2, 0.25) is 0 Å². The number of sulfone groups is 1. The summed E-state index contributed by atoms with van der Waals surface area (Å²) in [7, 11) is -3.18. The van der Waals surface area contributed by atoms with Gasteiger partial charge in [-0.25, -0.2) is 8.42 Å². The van der Waals surface area contributed by atoms with E-state index in [0.717, 1.165) is 11.8 Å². The quantitative estimate of drug-likeness (QED) is 0.663. The van der Waals surface area contributed by atoms with Gasteiger partial charge in [0.25, 0.3) is 0 Å². The molecule has 4 heteroatoms. The van der Waals surface area contributed by atoms with Gasteiger partial charge in [-0.1, -0.05) is 6.07 Å². The van der Waals surface area contributed by atoms with Crippen molar-refractivity contribution in [2.24, 2.45) is 0 Å². The van der Waals surface area contributed by atoms with Gasteiger partial charge in [0.1, 0.15) is 0 Å². The number of hydrogen-bond donors (Lipinski definition) is 1. The molecule has 0 radical (unpaired) electrons. The molecule has 0 aliphatic rings. The van der Waals surface area contributed by atoms with E-state index < -0.39 is 9.84 Å². The molecule has 66 valence electrons. The topological polar surface area (TPSA) is 60.2 Å². The van der Waals surface area contributed by atoms with E-state index in [-0.39, 0.29) is 4.90 Å². The van der Waals surface area contributed by atoms with Gasteiger partial charge in [-0.3, -0.25) is 0 Å². The maximum Gasteiger partial charge on any atom is 0.177 e. The summed E-state index contributed by atoms with van der Waals surface area (Å²) >= 11 is 0. The van der Waals surface area contributed by atoms with Gasteiger partial charge >= 0.3 is 0 Å². The summed E-state index contributed by atoms with van der Waals surface area (Å²) in [6, 6.07) is 4.96. The predicted molar refractivity (Wildman–Crippen MR) is 48.7 cm³/mol. The summed E-state index contributed by atoms with van der Waals surface area (Å²) in [6.45, 7) is 1.83. The average Bonchev–Trinajstić information content (AvgIpc) is 1.92. The average molecular weight is 185 g/mol. The van der Waals surface area contributed by atoms with Crippen molar-refractivity contribution in [2.75, 3.05) is 12.0 Å². The van der Waals surface area contributed by atoms with Crippen LogP contribution in [-0.2, 0) is 9.84 Å². The van der Waals surface area contributed by atoms with E-state index in [9.17, 15) is 8.42 Å². The van der Waals surface area contributed by atoms with Crippen molar-refractivity contribution in [2.45, 2.75) is 11.8 Å². The van der Waals surface area contributed by atoms with Crippen molar-refractivity contribution in [3.05, 3.63) is 23.8 Å². The number of hydrogen-bond acceptors (Lipinski definition) is 3. The number of nitrogen functional groups attached to an aromatic ring is 1. The third-order valence-electron chi connectivity index (χ3n) is 1.57. The highest BCUT2D eigenvalue weighted by molar-refractivity contribution is 7.90. The Kier molecular flexibility index (Phi) is 2.10. The van der Waals surface area contributed by atoms with Crippen molar-refractivity contribution in [3.8, 4) is 0 Å². The van der Waals surface area contributed by atoms with Gasteiger partial charge in [0.15, 0.2) is 9.84 Å². The molecule has 0 amide bonds. The largest absolute Gasteiger partial charge is 0.398 e. The Morgan fingerprint density at radius 1 is 1.33 bits per heavy atom. The molecule has 0 spiro atoms. The van der Waals surface area contributed by atoms with E-state index >= 15 is 0 Å². The van der Waals surface area contributed by atoms with Gasteiger partial charge in [0, 0.05) is 6.26 Å². The summed E-state index contributed by atoms with van der Waals surface area (Å²) < 4.78 is 22.3. The number of aryl methyl sites for hydroxylation is 1. The highest BCUT2D eigenvalue weighted by Gasteiger charge is 2.10. The number of nitrogens with two attached hydrogens (primary N) is 1. The molecule has 1 aromatic carbocycles. The normalized spacial score (nSPS) is 11.5. The minimum atomic E-state index is -3.18. The Balaban J connectivity index is 3.43. The predicted octanol–water partition coefficient (Wildman–Crippen LogP) is 0.981. The van der Waals surface area contributed by atoms with Crippen molar-refractivity contribution >= 4 is 15.5 Å². The molecule has 2 N–H and O–H groups in total. The minimum absolute atomic E-state index is 0.211. The van der Waals surface area contributed by atoms with Crippen molar-refractivity contribution in [3.63, 3.8) is 0 Å². The SMILES string of the molecule is Cc1ccc(N)c(S(C)(=O)=O)c1. The monoisotopic (exact) mass is 185 g/mol. The number of anilines is 1.